The number of ether oxygens (including phenoxy) is 3. The van der Waals surface area contributed by atoms with E-state index in [1.165, 1.54) is 16.7 Å². The van der Waals surface area contributed by atoms with Crippen molar-refractivity contribution in [3.8, 4) is 23.0 Å². The van der Waals surface area contributed by atoms with Gasteiger partial charge in [0.25, 0.3) is 0 Å². The Bertz CT molecular complexity index is 940. The van der Waals surface area contributed by atoms with E-state index in [0.717, 1.165) is 36.0 Å². The molecule has 0 saturated carbocycles. The number of methoxy groups -OCH3 is 1. The maximum absolute atomic E-state index is 6.02. The minimum Gasteiger partial charge on any atom is -0.493 e. The molecule has 0 spiro atoms. The molecule has 1 N–H and O–H groups in total. The summed E-state index contributed by atoms with van der Waals surface area (Å²) in [6, 6.07) is 22.4. The van der Waals surface area contributed by atoms with Crippen molar-refractivity contribution >= 4 is 0 Å². The Morgan fingerprint density at radius 3 is 2.54 bits per heavy atom. The first-order chi connectivity index (χ1) is 13.8. The van der Waals surface area contributed by atoms with Crippen molar-refractivity contribution in [3.05, 3.63) is 83.4 Å². The molecular formula is C24H25NO3. The molecule has 0 amide bonds. The van der Waals surface area contributed by atoms with Crippen LogP contribution in [0.2, 0.25) is 0 Å². The Morgan fingerprint density at radius 2 is 1.75 bits per heavy atom. The van der Waals surface area contributed by atoms with Gasteiger partial charge < -0.3 is 19.5 Å². The minimum atomic E-state index is 0.0909. The highest BCUT2D eigenvalue weighted by Gasteiger charge is 2.24. The molecule has 3 aromatic carbocycles. The number of rotatable bonds is 6. The van der Waals surface area contributed by atoms with E-state index in [1.54, 1.807) is 7.11 Å². The molecule has 4 heteroatoms. The largest absolute Gasteiger partial charge is 0.493 e. The fourth-order valence-corrected chi connectivity index (χ4v) is 3.67. The maximum Gasteiger partial charge on any atom is 0.161 e. The van der Waals surface area contributed by atoms with Gasteiger partial charge in [-0.2, -0.15) is 0 Å². The smallest absolute Gasteiger partial charge is 0.161 e. The van der Waals surface area contributed by atoms with Gasteiger partial charge in [-0.1, -0.05) is 30.3 Å². The monoisotopic (exact) mass is 375 g/mol. The summed E-state index contributed by atoms with van der Waals surface area (Å²) < 4.78 is 17.4. The third-order valence-corrected chi connectivity index (χ3v) is 4.95. The molecule has 28 heavy (non-hydrogen) atoms. The first kappa shape index (κ1) is 18.4. The molecule has 1 heterocycles. The van der Waals surface area contributed by atoms with E-state index in [2.05, 4.69) is 29.6 Å². The molecule has 0 fully saturated rings. The quantitative estimate of drug-likeness (QED) is 0.649. The van der Waals surface area contributed by atoms with Crippen LogP contribution >= 0.6 is 0 Å². The zero-order chi connectivity index (χ0) is 19.3. The van der Waals surface area contributed by atoms with E-state index < -0.39 is 0 Å². The third-order valence-electron chi connectivity index (χ3n) is 4.95. The topological polar surface area (TPSA) is 39.7 Å². The minimum absolute atomic E-state index is 0.0909. The first-order valence-corrected chi connectivity index (χ1v) is 9.68. The van der Waals surface area contributed by atoms with Gasteiger partial charge in [-0.3, -0.25) is 0 Å². The lowest BCUT2D eigenvalue weighted by atomic mass is 9.89. The predicted octanol–water partition coefficient (Wildman–Crippen LogP) is 5.12. The normalized spacial score (nSPS) is 15.6. The molecule has 0 aliphatic carbocycles. The number of benzene rings is 3. The van der Waals surface area contributed by atoms with Crippen LogP contribution in [0.15, 0.2) is 66.7 Å². The molecule has 3 aromatic rings. The lowest BCUT2D eigenvalue weighted by molar-refractivity contribution is 0.309. The van der Waals surface area contributed by atoms with Crippen LogP contribution in [0.1, 0.15) is 29.7 Å². The van der Waals surface area contributed by atoms with Crippen LogP contribution in [-0.2, 0) is 6.42 Å². The SMILES string of the molecule is CCOc1cc2c(cc1OC)CCNC2c1cccc(Oc2ccccc2)c1. The van der Waals surface area contributed by atoms with E-state index in [4.69, 9.17) is 14.2 Å². The van der Waals surface area contributed by atoms with Crippen molar-refractivity contribution in [1.29, 1.82) is 0 Å². The van der Waals surface area contributed by atoms with Gasteiger partial charge in [-0.15, -0.1) is 0 Å². The highest BCUT2D eigenvalue weighted by atomic mass is 16.5. The molecule has 1 atom stereocenters. The average molecular weight is 375 g/mol. The Morgan fingerprint density at radius 1 is 0.929 bits per heavy atom. The molecule has 0 saturated heterocycles. The molecule has 144 valence electrons. The number of fused-ring (bicyclic) bond motifs is 1. The van der Waals surface area contributed by atoms with Gasteiger partial charge in [-0.05, 0) is 66.4 Å². The Kier molecular flexibility index (Phi) is 5.49. The second-order valence-corrected chi connectivity index (χ2v) is 6.76. The van der Waals surface area contributed by atoms with Crippen LogP contribution in [0.25, 0.3) is 0 Å². The van der Waals surface area contributed by atoms with Crippen molar-refractivity contribution in [2.24, 2.45) is 0 Å². The second-order valence-electron chi connectivity index (χ2n) is 6.76. The van der Waals surface area contributed by atoms with Gasteiger partial charge in [0, 0.05) is 6.54 Å². The van der Waals surface area contributed by atoms with Crippen LogP contribution < -0.4 is 19.5 Å². The van der Waals surface area contributed by atoms with Crippen molar-refractivity contribution in [3.63, 3.8) is 0 Å². The molecular weight excluding hydrogens is 350 g/mol. The fourth-order valence-electron chi connectivity index (χ4n) is 3.67. The Balaban J connectivity index is 1.67. The summed E-state index contributed by atoms with van der Waals surface area (Å²) >= 11 is 0. The van der Waals surface area contributed by atoms with E-state index >= 15 is 0 Å². The summed E-state index contributed by atoms with van der Waals surface area (Å²) in [6.45, 7) is 3.51. The van der Waals surface area contributed by atoms with Crippen LogP contribution in [0, 0.1) is 0 Å². The molecule has 1 aliphatic rings. The summed E-state index contributed by atoms with van der Waals surface area (Å²) in [6.07, 6.45) is 0.967. The van der Waals surface area contributed by atoms with E-state index in [-0.39, 0.29) is 6.04 Å². The van der Waals surface area contributed by atoms with Crippen molar-refractivity contribution in [2.45, 2.75) is 19.4 Å². The van der Waals surface area contributed by atoms with Gasteiger partial charge in [0.2, 0.25) is 0 Å². The lowest BCUT2D eigenvalue weighted by Gasteiger charge is -2.29. The van der Waals surface area contributed by atoms with Crippen LogP contribution in [0.3, 0.4) is 0 Å². The predicted molar refractivity (Wildman–Crippen MR) is 111 cm³/mol. The van der Waals surface area contributed by atoms with Gasteiger partial charge in [0.05, 0.1) is 19.8 Å². The summed E-state index contributed by atoms with van der Waals surface area (Å²) in [7, 11) is 1.69. The number of hydrogen-bond donors (Lipinski definition) is 1. The summed E-state index contributed by atoms with van der Waals surface area (Å²) in [4.78, 5) is 0. The number of hydrogen-bond acceptors (Lipinski definition) is 4. The van der Waals surface area contributed by atoms with E-state index in [1.807, 2.05) is 49.4 Å². The molecule has 1 unspecified atom stereocenters. The summed E-state index contributed by atoms with van der Waals surface area (Å²) in [5.74, 6) is 3.24. The Labute approximate surface area is 166 Å². The zero-order valence-corrected chi connectivity index (χ0v) is 16.3. The average Bonchev–Trinajstić information content (AvgIpc) is 2.74. The fraction of sp³-hybridized carbons (Fsp3) is 0.250. The summed E-state index contributed by atoms with van der Waals surface area (Å²) in [5.41, 5.74) is 3.69. The molecule has 1 aliphatic heterocycles. The van der Waals surface area contributed by atoms with Gasteiger partial charge in [-0.25, -0.2) is 0 Å². The highest BCUT2D eigenvalue weighted by molar-refractivity contribution is 5.52. The van der Waals surface area contributed by atoms with Crippen LogP contribution in [0.5, 0.6) is 23.0 Å². The van der Waals surface area contributed by atoms with Crippen molar-refractivity contribution in [1.82, 2.24) is 5.32 Å². The molecule has 0 bridgehead atoms. The molecule has 4 rings (SSSR count). The Hall–Kier alpha value is -2.98. The van der Waals surface area contributed by atoms with Gasteiger partial charge >= 0.3 is 0 Å². The lowest BCUT2D eigenvalue weighted by Crippen LogP contribution is -2.30. The molecule has 0 aromatic heterocycles. The maximum atomic E-state index is 6.02. The van der Waals surface area contributed by atoms with Crippen LogP contribution in [0.4, 0.5) is 0 Å². The van der Waals surface area contributed by atoms with Crippen molar-refractivity contribution < 1.29 is 14.2 Å². The number of nitrogens with one attached hydrogen (secondary N) is 1. The third kappa shape index (κ3) is 3.82. The molecule has 4 nitrogen and oxygen atoms in total. The molecule has 0 radical (unpaired) electrons. The first-order valence-electron chi connectivity index (χ1n) is 9.68. The zero-order valence-electron chi connectivity index (χ0n) is 16.3. The van der Waals surface area contributed by atoms with Crippen molar-refractivity contribution in [2.75, 3.05) is 20.3 Å². The van der Waals surface area contributed by atoms with Gasteiger partial charge in [0.15, 0.2) is 11.5 Å². The van der Waals surface area contributed by atoms with E-state index in [9.17, 15) is 0 Å². The second kappa shape index (κ2) is 8.36. The number of para-hydroxylation sites is 1. The van der Waals surface area contributed by atoms with Gasteiger partial charge in [0.1, 0.15) is 11.5 Å². The summed E-state index contributed by atoms with van der Waals surface area (Å²) in [5, 5.41) is 3.64. The standard InChI is InChI=1S/C24H25NO3/c1-3-27-23-16-21-17(15-22(23)26-2)12-13-25-24(21)18-8-7-11-20(14-18)28-19-9-5-4-6-10-19/h4-11,14-16,24-25H,3,12-13H2,1-2H3. The van der Waals surface area contributed by atoms with E-state index in [0.29, 0.717) is 6.61 Å². The highest BCUT2D eigenvalue weighted by Crippen LogP contribution is 2.38. The van der Waals surface area contributed by atoms with Crippen LogP contribution in [-0.4, -0.2) is 20.3 Å².